The Kier molecular flexibility index (Phi) is 10.3. The lowest BCUT2D eigenvalue weighted by molar-refractivity contribution is 0.657. The summed E-state index contributed by atoms with van der Waals surface area (Å²) >= 11 is 0. The molecule has 0 saturated heterocycles. The van der Waals surface area contributed by atoms with Crippen molar-refractivity contribution in [2.75, 3.05) is 9.80 Å². The number of hydrogen-bond acceptors (Lipinski definition) is 4. The maximum absolute atomic E-state index is 7.04. The van der Waals surface area contributed by atoms with E-state index in [1.54, 1.807) is 0 Å². The Bertz CT molecular complexity index is 5180. The van der Waals surface area contributed by atoms with E-state index in [0.717, 1.165) is 78.0 Å². The van der Waals surface area contributed by atoms with Gasteiger partial charge < -0.3 is 18.6 Å². The number of benzene rings is 13. The Morgan fingerprint density at radius 1 is 0.301 bits per heavy atom. The van der Waals surface area contributed by atoms with Gasteiger partial charge in [0, 0.05) is 44.3 Å². The van der Waals surface area contributed by atoms with E-state index in [9.17, 15) is 0 Å². The molecule has 13 aromatic carbocycles. The molecule has 17 rings (SSSR count). The van der Waals surface area contributed by atoms with Gasteiger partial charge in [0.25, 0.3) is 0 Å². The van der Waals surface area contributed by atoms with Crippen molar-refractivity contribution in [3.8, 4) is 22.3 Å². The Morgan fingerprint density at radius 2 is 0.819 bits per heavy atom. The van der Waals surface area contributed by atoms with Crippen molar-refractivity contribution in [2.24, 2.45) is 0 Å². The van der Waals surface area contributed by atoms with Crippen molar-refractivity contribution < 1.29 is 8.83 Å². The first-order valence-corrected chi connectivity index (χ1v) is 29.2. The van der Waals surface area contributed by atoms with Crippen LogP contribution in [0, 0.1) is 0 Å². The number of rotatable bonds is 8. The molecule has 0 bridgehead atoms. The minimum absolute atomic E-state index is 0.316. The highest BCUT2D eigenvalue weighted by Gasteiger charge is 2.53. The Balaban J connectivity index is 0.902. The maximum atomic E-state index is 7.04. The topological polar surface area (TPSA) is 32.8 Å². The molecule has 0 amide bonds. The summed E-state index contributed by atoms with van der Waals surface area (Å²) in [4.78, 5) is 4.76. The summed E-state index contributed by atoms with van der Waals surface area (Å²) < 4.78 is 14.1. The van der Waals surface area contributed by atoms with E-state index < -0.39 is 5.41 Å². The van der Waals surface area contributed by atoms with Gasteiger partial charge in [0.15, 0.2) is 11.2 Å². The van der Waals surface area contributed by atoms with Gasteiger partial charge in [-0.05, 0) is 173 Å². The molecule has 394 valence electrons. The van der Waals surface area contributed by atoms with Crippen LogP contribution in [0.3, 0.4) is 0 Å². The molecule has 0 fully saturated rings. The molecule has 1 spiro atoms. The Hall–Kier alpha value is -10.2. The van der Waals surface area contributed by atoms with Crippen LogP contribution in [0.4, 0.5) is 34.1 Å². The van der Waals surface area contributed by atoms with Crippen molar-refractivity contribution in [1.29, 1.82) is 0 Å². The zero-order valence-corrected chi connectivity index (χ0v) is 46.6. The lowest BCUT2D eigenvalue weighted by Gasteiger charge is -2.32. The monoisotopic (exact) mass is 1060 g/mol. The molecule has 4 heteroatoms. The summed E-state index contributed by atoms with van der Waals surface area (Å²) in [6.45, 7) is 8.96. The van der Waals surface area contributed by atoms with Crippen LogP contribution in [0.2, 0.25) is 0 Å². The first-order chi connectivity index (χ1) is 40.8. The largest absolute Gasteiger partial charge is 0.454 e. The number of furan rings is 2. The fraction of sp³-hybridized carbons (Fsp3) is 0.0886. The molecule has 1 unspecified atom stereocenters. The molecule has 0 radical (unpaired) electrons. The summed E-state index contributed by atoms with van der Waals surface area (Å²) in [6, 6.07) is 94.7. The van der Waals surface area contributed by atoms with Crippen LogP contribution < -0.4 is 9.80 Å². The predicted octanol–water partition coefficient (Wildman–Crippen LogP) is 22.5. The second-order valence-corrected chi connectivity index (χ2v) is 23.4. The molecule has 1 atom stereocenters. The molecular weight excluding hydrogens is 1010 g/mol. The fourth-order valence-corrected chi connectivity index (χ4v) is 14.7. The normalized spacial score (nSPS) is 14.3. The third-order valence-corrected chi connectivity index (χ3v) is 18.3. The standard InChI is InChI=1S/C79H56N2O2/c1-47(2)57-26-15-28-62-64-30-17-33-71(77(64)82-75(57)62)80(53-20-7-5-8-21-53)55-38-35-50-45-67-61-40-36-51-43-56(81(54-22-9-6-10-23-54)72-34-18-31-65-63-29-16-27-58(48(3)4)76(63)83-78(65)72)39-41-60(51)74(61)79(70(67)46-52(50)44-55)68-32-14-13-25-66(68)73-59-24-12-11-19-49(59)37-42-69(73)79/h5-48H,1-4H3. The molecule has 2 heterocycles. The van der Waals surface area contributed by atoms with Gasteiger partial charge in [0.05, 0.1) is 16.8 Å². The molecule has 2 aliphatic rings. The molecule has 83 heavy (non-hydrogen) atoms. The van der Waals surface area contributed by atoms with Crippen molar-refractivity contribution in [2.45, 2.75) is 44.9 Å². The van der Waals surface area contributed by atoms with Gasteiger partial charge in [-0.25, -0.2) is 0 Å². The van der Waals surface area contributed by atoms with Gasteiger partial charge in [0.2, 0.25) is 0 Å². The minimum atomic E-state index is -0.647. The number of para-hydroxylation sites is 6. The molecule has 0 saturated carbocycles. The van der Waals surface area contributed by atoms with Gasteiger partial charge in [-0.15, -0.1) is 0 Å². The quantitative estimate of drug-likeness (QED) is 0.152. The number of anilines is 6. The molecule has 2 aliphatic carbocycles. The second-order valence-electron chi connectivity index (χ2n) is 23.4. The Morgan fingerprint density at radius 3 is 1.46 bits per heavy atom. The highest BCUT2D eigenvalue weighted by atomic mass is 16.3. The van der Waals surface area contributed by atoms with Gasteiger partial charge in [0.1, 0.15) is 11.2 Å². The lowest BCUT2D eigenvalue weighted by Crippen LogP contribution is -2.26. The van der Waals surface area contributed by atoms with Crippen molar-refractivity contribution >= 4 is 110 Å². The van der Waals surface area contributed by atoms with Gasteiger partial charge in [-0.1, -0.05) is 210 Å². The average molecular weight is 1070 g/mol. The average Bonchev–Trinajstić information content (AvgIpc) is 1.61. The molecule has 0 N–H and O–H groups in total. The van der Waals surface area contributed by atoms with E-state index in [1.165, 1.54) is 88.0 Å². The van der Waals surface area contributed by atoms with E-state index in [1.807, 2.05) is 0 Å². The Labute approximate surface area is 481 Å². The van der Waals surface area contributed by atoms with Gasteiger partial charge >= 0.3 is 0 Å². The van der Waals surface area contributed by atoms with Crippen molar-refractivity contribution in [1.82, 2.24) is 0 Å². The van der Waals surface area contributed by atoms with E-state index in [-0.39, 0.29) is 0 Å². The van der Waals surface area contributed by atoms with Gasteiger partial charge in [-0.2, -0.15) is 0 Å². The predicted molar refractivity (Wildman–Crippen MR) is 347 cm³/mol. The minimum Gasteiger partial charge on any atom is -0.454 e. The number of fused-ring (bicyclic) bond motifs is 21. The van der Waals surface area contributed by atoms with Crippen molar-refractivity contribution in [3.05, 3.63) is 288 Å². The van der Waals surface area contributed by atoms with E-state index in [2.05, 4.69) is 292 Å². The van der Waals surface area contributed by atoms with E-state index in [4.69, 9.17) is 8.83 Å². The van der Waals surface area contributed by atoms with E-state index in [0.29, 0.717) is 11.8 Å². The first kappa shape index (κ1) is 47.6. The fourth-order valence-electron chi connectivity index (χ4n) is 14.7. The molecular formula is C79H56N2O2. The highest BCUT2D eigenvalue weighted by molar-refractivity contribution is 6.15. The second kappa shape index (κ2) is 17.9. The highest BCUT2D eigenvalue weighted by Crippen LogP contribution is 2.66. The van der Waals surface area contributed by atoms with Crippen LogP contribution in [-0.4, -0.2) is 0 Å². The summed E-state index contributed by atoms with van der Waals surface area (Å²) in [6.07, 6.45) is 0. The zero-order valence-electron chi connectivity index (χ0n) is 46.6. The third kappa shape index (κ3) is 6.75. The lowest BCUT2D eigenvalue weighted by atomic mass is 9.69. The molecule has 4 nitrogen and oxygen atoms in total. The summed E-state index contributed by atoms with van der Waals surface area (Å²) in [5.41, 5.74) is 22.1. The molecule has 15 aromatic rings. The summed E-state index contributed by atoms with van der Waals surface area (Å²) in [7, 11) is 0. The summed E-state index contributed by atoms with van der Waals surface area (Å²) in [5.74, 6) is 0.632. The molecule has 2 aromatic heterocycles. The van der Waals surface area contributed by atoms with Crippen molar-refractivity contribution in [3.63, 3.8) is 0 Å². The maximum Gasteiger partial charge on any atom is 0.159 e. The zero-order chi connectivity index (χ0) is 55.2. The van der Waals surface area contributed by atoms with Crippen LogP contribution >= 0.6 is 0 Å². The van der Waals surface area contributed by atoms with Gasteiger partial charge in [-0.3, -0.25) is 0 Å². The van der Waals surface area contributed by atoms with Crippen LogP contribution in [0.15, 0.2) is 264 Å². The number of nitrogens with zero attached hydrogens (tertiary/aromatic N) is 2. The molecule has 0 aliphatic heterocycles. The number of hydrogen-bond donors (Lipinski definition) is 0. The smallest absolute Gasteiger partial charge is 0.159 e. The first-order valence-electron chi connectivity index (χ1n) is 29.2. The van der Waals surface area contributed by atoms with Crippen LogP contribution in [0.1, 0.15) is 72.9 Å². The third-order valence-electron chi connectivity index (χ3n) is 18.3. The van der Waals surface area contributed by atoms with E-state index >= 15 is 0 Å². The van der Waals surface area contributed by atoms with Crippen LogP contribution in [0.25, 0.3) is 98.4 Å². The SMILES string of the molecule is CC(C)c1cccc2c1oc1c(N(c3ccccc3)c3ccc4cc5c(cc4c3)C3(c4ccccc4-c4c3ccc3ccccc43)c3c-5ccc4cc(N(c5ccccc5)c5cccc6c5oc5c(C(C)C)cccc56)ccc34)cccc12. The van der Waals surface area contributed by atoms with Crippen LogP contribution in [-0.2, 0) is 5.41 Å². The van der Waals surface area contributed by atoms with Crippen LogP contribution in [0.5, 0.6) is 0 Å². The summed E-state index contributed by atoms with van der Waals surface area (Å²) in [5, 5.41) is 11.8.